The van der Waals surface area contributed by atoms with Crippen LogP contribution in [0, 0.1) is 0 Å². The van der Waals surface area contributed by atoms with E-state index in [0.717, 1.165) is 18.4 Å². The normalized spacial score (nSPS) is 13.6. The number of anilines is 1. The van der Waals surface area contributed by atoms with Crippen LogP contribution >= 0.6 is 0 Å². The van der Waals surface area contributed by atoms with Gasteiger partial charge >= 0.3 is 0 Å². The van der Waals surface area contributed by atoms with Crippen LogP contribution < -0.4 is 5.32 Å². The summed E-state index contributed by atoms with van der Waals surface area (Å²) in [6, 6.07) is 25.0. The van der Waals surface area contributed by atoms with Crippen LogP contribution in [0.4, 0.5) is 5.69 Å². The van der Waals surface area contributed by atoms with Crippen molar-refractivity contribution in [1.82, 2.24) is 4.90 Å². The molecule has 5 nitrogen and oxygen atoms in total. The molecule has 1 N–H and O–H groups in total. The number of amides is 2. The van der Waals surface area contributed by atoms with Crippen molar-refractivity contribution >= 4 is 17.5 Å². The molecule has 3 aromatic rings. The lowest BCUT2D eigenvalue weighted by molar-refractivity contribution is 0.0303. The SMILES string of the molecule is O=C(Nc1ccc(C(=O)N2CCOCC2)cc1)c1ccccc1CCc1ccccc1. The molecular weight excluding hydrogens is 388 g/mol. The molecule has 1 aliphatic rings. The average molecular weight is 415 g/mol. The monoisotopic (exact) mass is 414 g/mol. The van der Waals surface area contributed by atoms with Crippen LogP contribution in [0.15, 0.2) is 78.9 Å². The molecule has 0 atom stereocenters. The molecule has 1 fully saturated rings. The molecular formula is C26H26N2O3. The van der Waals surface area contributed by atoms with E-state index >= 15 is 0 Å². The molecule has 158 valence electrons. The largest absolute Gasteiger partial charge is 0.378 e. The highest BCUT2D eigenvalue weighted by Crippen LogP contribution is 2.17. The summed E-state index contributed by atoms with van der Waals surface area (Å²) in [6.07, 6.45) is 1.67. The average Bonchev–Trinajstić information content (AvgIpc) is 2.84. The fourth-order valence-electron chi connectivity index (χ4n) is 3.73. The maximum atomic E-state index is 12.9. The van der Waals surface area contributed by atoms with Gasteiger partial charge in [-0.3, -0.25) is 9.59 Å². The minimum absolute atomic E-state index is 0.00701. The molecule has 5 heteroatoms. The van der Waals surface area contributed by atoms with Crippen molar-refractivity contribution in [2.75, 3.05) is 31.6 Å². The smallest absolute Gasteiger partial charge is 0.255 e. The molecule has 0 saturated carbocycles. The summed E-state index contributed by atoms with van der Waals surface area (Å²) in [7, 11) is 0. The van der Waals surface area contributed by atoms with Crippen LogP contribution in [-0.2, 0) is 17.6 Å². The van der Waals surface area contributed by atoms with Crippen molar-refractivity contribution in [3.8, 4) is 0 Å². The summed E-state index contributed by atoms with van der Waals surface area (Å²) in [6.45, 7) is 2.36. The number of nitrogens with zero attached hydrogens (tertiary/aromatic N) is 1. The van der Waals surface area contributed by atoms with Gasteiger partial charge in [0.05, 0.1) is 13.2 Å². The Hall–Kier alpha value is -3.44. The van der Waals surface area contributed by atoms with Gasteiger partial charge in [0.15, 0.2) is 0 Å². The lowest BCUT2D eigenvalue weighted by Gasteiger charge is -2.26. The number of carbonyl (C=O) groups excluding carboxylic acids is 2. The van der Waals surface area contributed by atoms with Gasteiger partial charge < -0.3 is 15.0 Å². The van der Waals surface area contributed by atoms with Crippen molar-refractivity contribution in [1.29, 1.82) is 0 Å². The van der Waals surface area contributed by atoms with Gasteiger partial charge in [0.1, 0.15) is 0 Å². The molecule has 0 aliphatic carbocycles. The second kappa shape index (κ2) is 10.0. The van der Waals surface area contributed by atoms with E-state index in [4.69, 9.17) is 4.74 Å². The quantitative estimate of drug-likeness (QED) is 0.658. The number of carbonyl (C=O) groups is 2. The Kier molecular flexibility index (Phi) is 6.75. The van der Waals surface area contributed by atoms with Crippen molar-refractivity contribution in [3.05, 3.63) is 101 Å². The van der Waals surface area contributed by atoms with Crippen molar-refractivity contribution in [2.45, 2.75) is 12.8 Å². The Bertz CT molecular complexity index is 1030. The Balaban J connectivity index is 1.40. The highest BCUT2D eigenvalue weighted by Gasteiger charge is 2.18. The fraction of sp³-hybridized carbons (Fsp3) is 0.231. The van der Waals surface area contributed by atoms with Crippen LogP contribution in [0.1, 0.15) is 31.8 Å². The van der Waals surface area contributed by atoms with Crippen LogP contribution in [0.3, 0.4) is 0 Å². The number of morpholine rings is 1. The van der Waals surface area contributed by atoms with Crippen LogP contribution in [0.2, 0.25) is 0 Å². The second-order valence-corrected chi connectivity index (χ2v) is 7.58. The summed E-state index contributed by atoms with van der Waals surface area (Å²) in [5, 5.41) is 2.96. The highest BCUT2D eigenvalue weighted by molar-refractivity contribution is 6.05. The maximum Gasteiger partial charge on any atom is 0.255 e. The van der Waals surface area contributed by atoms with E-state index in [0.29, 0.717) is 43.1 Å². The lowest BCUT2D eigenvalue weighted by Crippen LogP contribution is -2.40. The Morgan fingerprint density at radius 2 is 1.48 bits per heavy atom. The van der Waals surface area contributed by atoms with Crippen LogP contribution in [-0.4, -0.2) is 43.0 Å². The summed E-state index contributed by atoms with van der Waals surface area (Å²) >= 11 is 0. The number of nitrogens with one attached hydrogen (secondary N) is 1. The summed E-state index contributed by atoms with van der Waals surface area (Å²) in [5.74, 6) is -0.150. The molecule has 0 spiro atoms. The molecule has 1 heterocycles. The molecule has 0 aromatic heterocycles. The van der Waals surface area contributed by atoms with E-state index in [-0.39, 0.29) is 11.8 Å². The van der Waals surface area contributed by atoms with E-state index in [2.05, 4.69) is 17.4 Å². The van der Waals surface area contributed by atoms with Gasteiger partial charge in [0.25, 0.3) is 11.8 Å². The lowest BCUT2D eigenvalue weighted by atomic mass is 9.99. The van der Waals surface area contributed by atoms with Gasteiger partial charge in [0, 0.05) is 29.9 Å². The first-order chi connectivity index (χ1) is 15.2. The predicted molar refractivity (Wildman–Crippen MR) is 121 cm³/mol. The maximum absolute atomic E-state index is 12.9. The van der Waals surface area contributed by atoms with Crippen molar-refractivity contribution in [2.24, 2.45) is 0 Å². The standard InChI is InChI=1S/C26H26N2O3/c29-25(24-9-5-4-8-21(24)11-10-20-6-2-1-3-7-20)27-23-14-12-22(13-15-23)26(30)28-16-18-31-19-17-28/h1-9,12-15H,10-11,16-19H2,(H,27,29). The van der Waals surface area contributed by atoms with Gasteiger partial charge in [-0.2, -0.15) is 0 Å². The molecule has 0 radical (unpaired) electrons. The van der Waals surface area contributed by atoms with Crippen molar-refractivity contribution < 1.29 is 14.3 Å². The summed E-state index contributed by atoms with van der Waals surface area (Å²) in [5.41, 5.74) is 4.22. The zero-order valence-electron chi connectivity index (χ0n) is 17.4. The molecule has 0 bridgehead atoms. The number of ether oxygens (including phenoxy) is 1. The van der Waals surface area contributed by atoms with E-state index in [1.54, 1.807) is 29.2 Å². The Morgan fingerprint density at radius 1 is 0.806 bits per heavy atom. The van der Waals surface area contributed by atoms with Crippen molar-refractivity contribution in [3.63, 3.8) is 0 Å². The molecule has 1 aliphatic heterocycles. The molecule has 31 heavy (non-hydrogen) atoms. The number of hydrogen-bond donors (Lipinski definition) is 1. The number of rotatable bonds is 6. The zero-order valence-corrected chi connectivity index (χ0v) is 17.4. The molecule has 1 saturated heterocycles. The third-order valence-electron chi connectivity index (χ3n) is 5.48. The first-order valence-corrected chi connectivity index (χ1v) is 10.6. The van der Waals surface area contributed by atoms with E-state index in [1.807, 2.05) is 42.5 Å². The topological polar surface area (TPSA) is 58.6 Å². The van der Waals surface area contributed by atoms with Gasteiger partial charge in [0.2, 0.25) is 0 Å². The minimum atomic E-state index is -0.143. The first-order valence-electron chi connectivity index (χ1n) is 10.6. The number of aryl methyl sites for hydroxylation is 2. The number of benzene rings is 3. The second-order valence-electron chi connectivity index (χ2n) is 7.58. The third-order valence-corrected chi connectivity index (χ3v) is 5.48. The molecule has 3 aromatic carbocycles. The Morgan fingerprint density at radius 3 is 2.23 bits per heavy atom. The van der Waals surface area contributed by atoms with Gasteiger partial charge in [-0.25, -0.2) is 0 Å². The van der Waals surface area contributed by atoms with E-state index in [9.17, 15) is 9.59 Å². The summed E-state index contributed by atoms with van der Waals surface area (Å²) in [4.78, 5) is 27.3. The molecule has 2 amide bonds. The fourth-order valence-corrected chi connectivity index (χ4v) is 3.73. The first kappa shape index (κ1) is 20.8. The van der Waals surface area contributed by atoms with Crippen LogP contribution in [0.25, 0.3) is 0 Å². The summed E-state index contributed by atoms with van der Waals surface area (Å²) < 4.78 is 5.30. The van der Waals surface area contributed by atoms with Crippen LogP contribution in [0.5, 0.6) is 0 Å². The highest BCUT2D eigenvalue weighted by atomic mass is 16.5. The number of hydrogen-bond acceptors (Lipinski definition) is 3. The minimum Gasteiger partial charge on any atom is -0.378 e. The van der Waals surface area contributed by atoms with E-state index in [1.165, 1.54) is 5.56 Å². The van der Waals surface area contributed by atoms with E-state index < -0.39 is 0 Å². The van der Waals surface area contributed by atoms with Gasteiger partial charge in [-0.1, -0.05) is 48.5 Å². The van der Waals surface area contributed by atoms with Gasteiger partial charge in [-0.15, -0.1) is 0 Å². The molecule has 0 unspecified atom stereocenters. The zero-order chi connectivity index (χ0) is 21.5. The predicted octanol–water partition coefficient (Wildman–Crippen LogP) is 4.20. The van der Waals surface area contributed by atoms with Gasteiger partial charge in [-0.05, 0) is 54.3 Å². The Labute approximate surface area is 182 Å². The molecule has 4 rings (SSSR count). The third kappa shape index (κ3) is 5.38.